The van der Waals surface area contributed by atoms with E-state index in [9.17, 15) is 9.18 Å². The molecule has 0 bridgehead atoms. The molecule has 0 atom stereocenters. The van der Waals surface area contributed by atoms with Gasteiger partial charge in [-0.25, -0.2) is 9.18 Å². The molecule has 4 N–H and O–H groups in total. The Labute approximate surface area is 115 Å². The van der Waals surface area contributed by atoms with Crippen LogP contribution in [0.1, 0.15) is 12.5 Å². The van der Waals surface area contributed by atoms with E-state index in [1.54, 1.807) is 13.0 Å². The number of nitrogens with two attached hydrogens (primary N) is 2. The highest BCUT2D eigenvalue weighted by atomic mass is 19.1. The predicted molar refractivity (Wildman–Crippen MR) is 73.3 cm³/mol. The SMILES string of the molecule is CCOC(=O)C(=C/N)/C(=C/C#N)c1ccc(N)c(F)c1. The van der Waals surface area contributed by atoms with Gasteiger partial charge < -0.3 is 16.2 Å². The first-order valence-corrected chi connectivity index (χ1v) is 5.79. The maximum Gasteiger partial charge on any atom is 0.340 e. The van der Waals surface area contributed by atoms with Crippen LogP contribution in [0.15, 0.2) is 36.0 Å². The van der Waals surface area contributed by atoms with E-state index in [0.717, 1.165) is 18.3 Å². The van der Waals surface area contributed by atoms with Gasteiger partial charge in [0.1, 0.15) is 5.82 Å². The number of benzene rings is 1. The third kappa shape index (κ3) is 3.36. The summed E-state index contributed by atoms with van der Waals surface area (Å²) < 4.78 is 18.3. The Morgan fingerprint density at radius 2 is 2.25 bits per heavy atom. The molecule has 6 heteroatoms. The Morgan fingerprint density at radius 1 is 1.55 bits per heavy atom. The van der Waals surface area contributed by atoms with E-state index in [0.29, 0.717) is 5.56 Å². The highest BCUT2D eigenvalue weighted by Crippen LogP contribution is 2.26. The van der Waals surface area contributed by atoms with Gasteiger partial charge in [-0.3, -0.25) is 0 Å². The molecule has 0 spiro atoms. The molecule has 0 aromatic heterocycles. The summed E-state index contributed by atoms with van der Waals surface area (Å²) in [6.07, 6.45) is 2.12. The van der Waals surface area contributed by atoms with E-state index >= 15 is 0 Å². The zero-order valence-electron chi connectivity index (χ0n) is 10.9. The molecular weight excluding hydrogens is 261 g/mol. The Balaban J connectivity index is 3.31. The lowest BCUT2D eigenvalue weighted by Gasteiger charge is -2.11. The molecule has 0 amide bonds. The summed E-state index contributed by atoms with van der Waals surface area (Å²) in [5.41, 5.74) is 11.2. The second kappa shape index (κ2) is 6.95. The van der Waals surface area contributed by atoms with Crippen molar-refractivity contribution in [3.8, 4) is 6.07 Å². The molecule has 0 heterocycles. The lowest BCUT2D eigenvalue weighted by molar-refractivity contribution is -0.137. The monoisotopic (exact) mass is 275 g/mol. The van der Waals surface area contributed by atoms with Crippen LogP contribution in [-0.2, 0) is 9.53 Å². The minimum Gasteiger partial charge on any atom is -0.462 e. The number of ether oxygens (including phenoxy) is 1. The van der Waals surface area contributed by atoms with E-state index in [1.165, 1.54) is 12.1 Å². The fraction of sp³-hybridized carbons (Fsp3) is 0.143. The molecule has 1 aromatic carbocycles. The average Bonchev–Trinajstić information content (AvgIpc) is 2.42. The van der Waals surface area contributed by atoms with Gasteiger partial charge in [0.05, 0.1) is 23.9 Å². The molecule has 1 aromatic rings. The number of halogens is 1. The average molecular weight is 275 g/mol. The maximum atomic E-state index is 13.5. The van der Waals surface area contributed by atoms with Gasteiger partial charge in [-0.15, -0.1) is 0 Å². The van der Waals surface area contributed by atoms with Crippen molar-refractivity contribution in [2.24, 2.45) is 5.73 Å². The van der Waals surface area contributed by atoms with Crippen LogP contribution < -0.4 is 11.5 Å². The maximum absolute atomic E-state index is 13.5. The second-order valence-electron chi connectivity index (χ2n) is 3.72. The first-order valence-electron chi connectivity index (χ1n) is 5.79. The number of carbonyl (C=O) groups is 1. The molecule has 104 valence electrons. The molecule has 0 aliphatic heterocycles. The summed E-state index contributed by atoms with van der Waals surface area (Å²) in [7, 11) is 0. The van der Waals surface area contributed by atoms with Gasteiger partial charge in [-0.05, 0) is 24.6 Å². The third-order valence-corrected chi connectivity index (χ3v) is 2.47. The Bertz CT molecular complexity index is 615. The third-order valence-electron chi connectivity index (χ3n) is 2.47. The molecule has 1 rings (SSSR count). The first kappa shape index (κ1) is 15.2. The van der Waals surface area contributed by atoms with Crippen LogP contribution in [-0.4, -0.2) is 12.6 Å². The molecule has 0 aliphatic rings. The number of nitriles is 1. The molecule has 0 saturated heterocycles. The number of esters is 1. The van der Waals surface area contributed by atoms with Crippen molar-refractivity contribution in [2.45, 2.75) is 6.92 Å². The van der Waals surface area contributed by atoms with E-state index in [-0.39, 0.29) is 23.4 Å². The predicted octanol–water partition coefficient (Wildman–Crippen LogP) is 1.72. The smallest absolute Gasteiger partial charge is 0.340 e. The van der Waals surface area contributed by atoms with Gasteiger partial charge in [0.25, 0.3) is 0 Å². The van der Waals surface area contributed by atoms with Gasteiger partial charge in [0.15, 0.2) is 0 Å². The molecular formula is C14H14FN3O2. The Kier molecular flexibility index (Phi) is 5.30. The number of anilines is 1. The zero-order chi connectivity index (χ0) is 15.1. The van der Waals surface area contributed by atoms with E-state index in [1.807, 2.05) is 0 Å². The summed E-state index contributed by atoms with van der Waals surface area (Å²) >= 11 is 0. The van der Waals surface area contributed by atoms with Crippen LogP contribution in [0.3, 0.4) is 0 Å². The normalized spacial score (nSPS) is 11.8. The van der Waals surface area contributed by atoms with Crippen molar-refractivity contribution < 1.29 is 13.9 Å². The minimum atomic E-state index is -0.686. The van der Waals surface area contributed by atoms with Crippen molar-refractivity contribution >= 4 is 17.2 Å². The molecule has 0 fully saturated rings. The van der Waals surface area contributed by atoms with Crippen molar-refractivity contribution in [1.29, 1.82) is 5.26 Å². The number of hydrogen-bond donors (Lipinski definition) is 2. The van der Waals surface area contributed by atoms with E-state index < -0.39 is 11.8 Å². The summed E-state index contributed by atoms with van der Waals surface area (Å²) in [5.74, 6) is -1.33. The van der Waals surface area contributed by atoms with Gasteiger partial charge in [0, 0.05) is 17.8 Å². The molecule has 5 nitrogen and oxygen atoms in total. The lowest BCUT2D eigenvalue weighted by atomic mass is 9.97. The summed E-state index contributed by atoms with van der Waals surface area (Å²) in [6, 6.07) is 5.75. The highest BCUT2D eigenvalue weighted by Gasteiger charge is 2.18. The molecule has 20 heavy (non-hydrogen) atoms. The second-order valence-corrected chi connectivity index (χ2v) is 3.72. The van der Waals surface area contributed by atoms with Gasteiger partial charge >= 0.3 is 5.97 Å². The Morgan fingerprint density at radius 3 is 2.75 bits per heavy atom. The topological polar surface area (TPSA) is 102 Å². The summed E-state index contributed by atoms with van der Waals surface area (Å²) in [5, 5.41) is 8.81. The van der Waals surface area contributed by atoms with Crippen LogP contribution in [0.5, 0.6) is 0 Å². The fourth-order valence-electron chi connectivity index (χ4n) is 1.55. The van der Waals surface area contributed by atoms with Crippen molar-refractivity contribution in [1.82, 2.24) is 0 Å². The Hall–Kier alpha value is -2.81. The number of nitrogen functional groups attached to an aromatic ring is 1. The van der Waals surface area contributed by atoms with E-state index in [4.69, 9.17) is 21.5 Å². The number of carbonyl (C=O) groups excluding carboxylic acids is 1. The molecule has 0 aliphatic carbocycles. The highest BCUT2D eigenvalue weighted by molar-refractivity contribution is 6.06. The van der Waals surface area contributed by atoms with Crippen molar-refractivity contribution in [3.05, 3.63) is 47.4 Å². The van der Waals surface area contributed by atoms with Crippen LogP contribution in [0.4, 0.5) is 10.1 Å². The molecule has 0 saturated carbocycles. The fourth-order valence-corrected chi connectivity index (χ4v) is 1.55. The minimum absolute atomic E-state index is 0.0161. The molecule has 0 unspecified atom stereocenters. The van der Waals surface area contributed by atoms with Crippen LogP contribution in [0.2, 0.25) is 0 Å². The number of rotatable bonds is 4. The quantitative estimate of drug-likeness (QED) is 0.286. The van der Waals surface area contributed by atoms with Crippen molar-refractivity contribution in [2.75, 3.05) is 12.3 Å². The summed E-state index contributed by atoms with van der Waals surface area (Å²) in [6.45, 7) is 1.80. The summed E-state index contributed by atoms with van der Waals surface area (Å²) in [4.78, 5) is 11.8. The lowest BCUT2D eigenvalue weighted by Crippen LogP contribution is -2.11. The number of hydrogen-bond acceptors (Lipinski definition) is 5. The zero-order valence-corrected chi connectivity index (χ0v) is 10.9. The van der Waals surface area contributed by atoms with Gasteiger partial charge in [-0.2, -0.15) is 5.26 Å². The number of allylic oxidation sites excluding steroid dienone is 1. The van der Waals surface area contributed by atoms with Crippen LogP contribution in [0.25, 0.3) is 5.57 Å². The van der Waals surface area contributed by atoms with E-state index in [2.05, 4.69) is 0 Å². The van der Waals surface area contributed by atoms with Crippen molar-refractivity contribution in [3.63, 3.8) is 0 Å². The molecule has 0 radical (unpaired) electrons. The van der Waals surface area contributed by atoms with Gasteiger partial charge in [-0.1, -0.05) is 6.07 Å². The van der Waals surface area contributed by atoms with Gasteiger partial charge in [0.2, 0.25) is 0 Å². The standard InChI is InChI=1S/C14H14FN3O2/c1-2-20-14(19)11(8-17)10(5-6-16)9-3-4-13(18)12(15)7-9/h3-5,7-8H,2,17-18H2,1H3/b10-5+,11-8+. The van der Waals surface area contributed by atoms with Crippen LogP contribution in [0, 0.1) is 17.1 Å². The largest absolute Gasteiger partial charge is 0.462 e. The first-order chi connectivity index (χ1) is 9.54. The van der Waals surface area contributed by atoms with Crippen LogP contribution >= 0.6 is 0 Å². The number of nitrogens with zero attached hydrogens (tertiary/aromatic N) is 1.